The number of carbonyl (C=O) groups excluding carboxylic acids is 1. The molecule has 0 aliphatic heterocycles. The first-order valence-electron chi connectivity index (χ1n) is 25.1. The minimum atomic E-state index is -4.32. The molecule has 0 spiro atoms. The summed E-state index contributed by atoms with van der Waals surface area (Å²) >= 11 is 0. The first-order chi connectivity index (χ1) is 28.0. The molecule has 3 atom stereocenters. The Labute approximate surface area is 361 Å². The normalized spacial score (nSPS) is 14.3. The molecule has 0 rings (SSSR count). The van der Waals surface area contributed by atoms with Crippen molar-refractivity contribution >= 4 is 13.7 Å². The van der Waals surface area contributed by atoms with Gasteiger partial charge in [0, 0.05) is 6.42 Å². The highest BCUT2D eigenvalue weighted by atomic mass is 31.2. The maximum atomic E-state index is 12.9. The molecule has 9 heteroatoms. The molecular weight excluding hydrogens is 744 g/mol. The predicted molar refractivity (Wildman–Crippen MR) is 249 cm³/mol. The van der Waals surface area contributed by atoms with Gasteiger partial charge in [0.2, 0.25) is 5.91 Å². The van der Waals surface area contributed by atoms with Gasteiger partial charge in [-0.15, -0.1) is 0 Å². The highest BCUT2D eigenvalue weighted by Gasteiger charge is 2.28. The molecule has 0 saturated carbocycles. The number of aliphatic hydroxyl groups excluding tert-OH is 1. The van der Waals surface area contributed by atoms with Gasteiger partial charge in [-0.3, -0.25) is 13.8 Å². The van der Waals surface area contributed by atoms with Gasteiger partial charge in [0.25, 0.3) is 0 Å². The van der Waals surface area contributed by atoms with Crippen LogP contribution in [0.4, 0.5) is 0 Å². The Morgan fingerprint density at radius 3 is 1.33 bits per heavy atom. The van der Waals surface area contributed by atoms with E-state index in [-0.39, 0.29) is 19.1 Å². The van der Waals surface area contributed by atoms with Crippen LogP contribution in [-0.4, -0.2) is 73.4 Å². The molecule has 0 aromatic carbocycles. The van der Waals surface area contributed by atoms with Crippen LogP contribution in [0.2, 0.25) is 0 Å². The summed E-state index contributed by atoms with van der Waals surface area (Å²) < 4.78 is 23.7. The fourth-order valence-electron chi connectivity index (χ4n) is 7.51. The molecule has 3 unspecified atom stereocenters. The first-order valence-corrected chi connectivity index (χ1v) is 26.5. The zero-order valence-corrected chi connectivity index (χ0v) is 40.2. The van der Waals surface area contributed by atoms with Crippen LogP contribution in [0.5, 0.6) is 0 Å². The number of phosphoric acid groups is 1. The van der Waals surface area contributed by atoms with Gasteiger partial charge in [0.15, 0.2) is 0 Å². The van der Waals surface area contributed by atoms with Gasteiger partial charge < -0.3 is 19.8 Å². The summed E-state index contributed by atoms with van der Waals surface area (Å²) in [5.74, 6) is -0.149. The number of nitrogens with one attached hydrogen (secondary N) is 1. The van der Waals surface area contributed by atoms with Gasteiger partial charge in [0.1, 0.15) is 13.2 Å². The SMILES string of the molecule is CCCCCCCCCCC/C=C\CCCCCCCC(=O)NC(COP(=O)(O)OCC[N+](C)(C)C)C(O)CCCCCCCCCCCCCCCCCCCC. The van der Waals surface area contributed by atoms with E-state index in [1.807, 2.05) is 21.1 Å². The highest BCUT2D eigenvalue weighted by Crippen LogP contribution is 2.43. The summed E-state index contributed by atoms with van der Waals surface area (Å²) in [4.78, 5) is 23.2. The summed E-state index contributed by atoms with van der Waals surface area (Å²) in [6, 6.07) is -0.761. The smallest absolute Gasteiger partial charge is 0.391 e. The van der Waals surface area contributed by atoms with Crippen molar-refractivity contribution in [2.24, 2.45) is 0 Å². The van der Waals surface area contributed by atoms with Crippen LogP contribution >= 0.6 is 7.82 Å². The molecule has 3 N–H and O–H groups in total. The fraction of sp³-hybridized carbons (Fsp3) is 0.939. The Morgan fingerprint density at radius 1 is 0.569 bits per heavy atom. The molecule has 0 bridgehead atoms. The number of nitrogens with zero attached hydrogens (tertiary/aromatic N) is 1. The number of rotatable bonds is 46. The Kier molecular flexibility index (Phi) is 41.0. The van der Waals surface area contributed by atoms with Crippen LogP contribution in [0.25, 0.3) is 0 Å². The lowest BCUT2D eigenvalue weighted by Crippen LogP contribution is -2.46. The lowest BCUT2D eigenvalue weighted by Gasteiger charge is -2.26. The van der Waals surface area contributed by atoms with Crippen LogP contribution in [0.1, 0.15) is 245 Å². The average Bonchev–Trinajstić information content (AvgIpc) is 3.17. The zero-order valence-electron chi connectivity index (χ0n) is 39.3. The number of likely N-dealkylation sites (N-methyl/N-ethyl adjacent to an activating group) is 1. The van der Waals surface area contributed by atoms with Gasteiger partial charge in [0.05, 0.1) is 39.9 Å². The van der Waals surface area contributed by atoms with Crippen molar-refractivity contribution in [3.05, 3.63) is 12.2 Å². The molecule has 0 heterocycles. The highest BCUT2D eigenvalue weighted by molar-refractivity contribution is 7.47. The monoisotopic (exact) mass is 844 g/mol. The van der Waals surface area contributed by atoms with Crippen molar-refractivity contribution in [3.63, 3.8) is 0 Å². The molecule has 0 aromatic rings. The largest absolute Gasteiger partial charge is 0.472 e. The predicted octanol–water partition coefficient (Wildman–Crippen LogP) is 14.3. The maximum Gasteiger partial charge on any atom is 0.472 e. The van der Waals surface area contributed by atoms with E-state index >= 15 is 0 Å². The Balaban J connectivity index is 4.28. The second kappa shape index (κ2) is 41.6. The quantitative estimate of drug-likeness (QED) is 0.0244. The molecule has 0 radical (unpaired) electrons. The number of phosphoric ester groups is 1. The van der Waals surface area contributed by atoms with Crippen LogP contribution < -0.4 is 5.32 Å². The van der Waals surface area contributed by atoms with Crippen molar-refractivity contribution in [1.29, 1.82) is 0 Å². The summed E-state index contributed by atoms with van der Waals surface area (Å²) in [5.41, 5.74) is 0. The molecule has 0 aliphatic carbocycles. The molecule has 346 valence electrons. The lowest BCUT2D eigenvalue weighted by atomic mass is 10.0. The molecule has 58 heavy (non-hydrogen) atoms. The standard InChI is InChI=1S/C49H99N2O6P/c1-6-8-10-12-14-16-18-20-22-24-26-28-30-32-34-36-38-40-42-48(52)47(46-57-58(54,55)56-45-44-51(3,4)5)50-49(53)43-41-39-37-35-33-31-29-27-25-23-21-19-17-15-13-11-9-7-2/h27,29,47-48,52H,6-26,28,30-46H2,1-5H3,(H-,50,53,54,55)/p+1/b29-27-. The number of aliphatic hydroxyl groups is 1. The third kappa shape index (κ3) is 43.3. The maximum absolute atomic E-state index is 12.9. The van der Waals surface area contributed by atoms with Crippen LogP contribution in [0.15, 0.2) is 12.2 Å². The van der Waals surface area contributed by atoms with Crippen LogP contribution in [0, 0.1) is 0 Å². The number of unbranched alkanes of at least 4 members (excludes halogenated alkanes) is 31. The summed E-state index contributed by atoms with van der Waals surface area (Å²) in [6.45, 7) is 4.91. The number of hydrogen-bond acceptors (Lipinski definition) is 5. The number of allylic oxidation sites excluding steroid dienone is 2. The van der Waals surface area contributed by atoms with Crippen LogP contribution in [0.3, 0.4) is 0 Å². The molecule has 0 fully saturated rings. The lowest BCUT2D eigenvalue weighted by molar-refractivity contribution is -0.870. The average molecular weight is 844 g/mol. The number of amides is 1. The fourth-order valence-corrected chi connectivity index (χ4v) is 8.25. The number of quaternary nitrogens is 1. The van der Waals surface area contributed by atoms with Gasteiger partial charge in [-0.25, -0.2) is 4.57 Å². The van der Waals surface area contributed by atoms with Gasteiger partial charge in [-0.1, -0.05) is 212 Å². The van der Waals surface area contributed by atoms with E-state index in [2.05, 4.69) is 31.3 Å². The second-order valence-electron chi connectivity index (χ2n) is 18.5. The second-order valence-corrected chi connectivity index (χ2v) is 20.0. The molecule has 0 saturated heterocycles. The summed E-state index contributed by atoms with van der Waals surface area (Å²) in [6.07, 6.45) is 48.1. The molecule has 8 nitrogen and oxygen atoms in total. The van der Waals surface area contributed by atoms with Gasteiger partial charge >= 0.3 is 7.82 Å². The minimum Gasteiger partial charge on any atom is -0.391 e. The van der Waals surface area contributed by atoms with E-state index in [4.69, 9.17) is 9.05 Å². The van der Waals surface area contributed by atoms with Crippen molar-refractivity contribution in [3.8, 4) is 0 Å². The van der Waals surface area contributed by atoms with Crippen molar-refractivity contribution in [1.82, 2.24) is 5.32 Å². The van der Waals surface area contributed by atoms with E-state index < -0.39 is 20.0 Å². The van der Waals surface area contributed by atoms with E-state index in [9.17, 15) is 19.4 Å². The van der Waals surface area contributed by atoms with Crippen molar-refractivity contribution < 1.29 is 32.9 Å². The molecule has 0 aromatic heterocycles. The van der Waals surface area contributed by atoms with Crippen molar-refractivity contribution in [2.45, 2.75) is 257 Å². The molecule has 0 aliphatic rings. The topological polar surface area (TPSA) is 105 Å². The Hall–Kier alpha value is -0.760. The van der Waals surface area contributed by atoms with E-state index in [1.54, 1.807) is 0 Å². The molecular formula is C49H100N2O6P+. The van der Waals surface area contributed by atoms with E-state index in [0.717, 1.165) is 44.9 Å². The van der Waals surface area contributed by atoms with Gasteiger partial charge in [-0.05, 0) is 38.5 Å². The first kappa shape index (κ1) is 57.2. The summed E-state index contributed by atoms with van der Waals surface area (Å²) in [7, 11) is 1.62. The third-order valence-corrected chi connectivity index (χ3v) is 12.5. The van der Waals surface area contributed by atoms with E-state index in [1.165, 1.54) is 173 Å². The van der Waals surface area contributed by atoms with Gasteiger partial charge in [-0.2, -0.15) is 0 Å². The Morgan fingerprint density at radius 2 is 0.931 bits per heavy atom. The third-order valence-electron chi connectivity index (χ3n) is 11.5. The number of hydrogen-bond donors (Lipinski definition) is 3. The van der Waals surface area contributed by atoms with Crippen LogP contribution in [-0.2, 0) is 18.4 Å². The summed E-state index contributed by atoms with van der Waals surface area (Å²) in [5, 5.41) is 14.0. The number of carbonyl (C=O) groups is 1. The minimum absolute atomic E-state index is 0.0752. The van der Waals surface area contributed by atoms with Crippen molar-refractivity contribution in [2.75, 3.05) is 40.9 Å². The zero-order chi connectivity index (χ0) is 42.8. The molecule has 1 amide bonds. The Bertz CT molecular complexity index is 958. The van der Waals surface area contributed by atoms with E-state index in [0.29, 0.717) is 23.9 Å².